The Morgan fingerprint density at radius 3 is 2.81 bits per heavy atom. The molecule has 4 nitrogen and oxygen atoms in total. The lowest BCUT2D eigenvalue weighted by Gasteiger charge is -2.06. The number of thioether (sulfide) groups is 1. The Bertz CT molecular complexity index is 397. The number of amides is 1. The largest absolute Gasteiger partial charge is 0.379 e. The molecule has 0 aliphatic rings. The minimum atomic E-state index is -0.167. The molecule has 1 aromatic rings. The Kier molecular flexibility index (Phi) is 5.14. The van der Waals surface area contributed by atoms with Gasteiger partial charge in [-0.25, -0.2) is 0 Å². The molecule has 1 amide bonds. The van der Waals surface area contributed by atoms with Crippen molar-refractivity contribution in [2.45, 2.75) is 6.54 Å². The van der Waals surface area contributed by atoms with Crippen LogP contribution in [0.25, 0.3) is 0 Å². The van der Waals surface area contributed by atoms with E-state index in [1.54, 1.807) is 6.07 Å². The molecule has 0 saturated carbocycles. The maximum Gasteiger partial charge on any atom is 0.230 e. The number of halogens is 1. The lowest BCUT2D eigenvalue weighted by atomic mass is 10.2. The first-order valence-electron chi connectivity index (χ1n) is 4.56. The average Bonchev–Trinajstić information content (AvgIpc) is 2.25. The van der Waals surface area contributed by atoms with Crippen molar-refractivity contribution < 1.29 is 4.79 Å². The van der Waals surface area contributed by atoms with Crippen molar-refractivity contribution in [1.29, 1.82) is 5.41 Å². The third-order valence-electron chi connectivity index (χ3n) is 1.79. The quantitative estimate of drug-likeness (QED) is 0.566. The topological polar surface area (TPSA) is 79.0 Å². The number of carbonyl (C=O) groups excluding carboxylic acids is 1. The molecule has 0 fully saturated rings. The smallest absolute Gasteiger partial charge is 0.230 e. The van der Waals surface area contributed by atoms with E-state index in [2.05, 4.69) is 5.32 Å². The van der Waals surface area contributed by atoms with E-state index in [-0.39, 0.29) is 16.8 Å². The van der Waals surface area contributed by atoms with Crippen LogP contribution in [0.3, 0.4) is 0 Å². The van der Waals surface area contributed by atoms with Gasteiger partial charge in [0.2, 0.25) is 5.91 Å². The first kappa shape index (κ1) is 12.9. The van der Waals surface area contributed by atoms with Crippen molar-refractivity contribution in [2.75, 3.05) is 5.75 Å². The SMILES string of the molecule is N=C(N)SCC(=O)NCc1ccccc1Cl. The Morgan fingerprint density at radius 1 is 1.50 bits per heavy atom. The van der Waals surface area contributed by atoms with Gasteiger partial charge in [0.15, 0.2) is 5.17 Å². The molecule has 0 spiro atoms. The number of hydrogen-bond acceptors (Lipinski definition) is 3. The number of nitrogens with two attached hydrogens (primary N) is 1. The molecule has 0 saturated heterocycles. The zero-order valence-corrected chi connectivity index (χ0v) is 10.1. The van der Waals surface area contributed by atoms with E-state index in [0.717, 1.165) is 17.3 Å². The standard InChI is InChI=1S/C10H12ClN3OS/c11-8-4-2-1-3-7(8)5-14-9(15)6-16-10(12)13/h1-4H,5-6H2,(H3,12,13)(H,14,15). The molecule has 0 aliphatic heterocycles. The van der Waals surface area contributed by atoms with Crippen LogP contribution in [0.5, 0.6) is 0 Å². The molecule has 0 aliphatic carbocycles. The fraction of sp³-hybridized carbons (Fsp3) is 0.200. The predicted octanol–water partition coefficient (Wildman–Crippen LogP) is 1.58. The summed E-state index contributed by atoms with van der Waals surface area (Å²) < 4.78 is 0. The number of carbonyl (C=O) groups is 1. The van der Waals surface area contributed by atoms with Gasteiger partial charge in [-0.1, -0.05) is 41.6 Å². The maximum absolute atomic E-state index is 11.3. The minimum absolute atomic E-state index is 0.0621. The lowest BCUT2D eigenvalue weighted by Crippen LogP contribution is -2.25. The predicted molar refractivity (Wildman–Crippen MR) is 67.7 cm³/mol. The van der Waals surface area contributed by atoms with E-state index >= 15 is 0 Å². The molecule has 6 heteroatoms. The van der Waals surface area contributed by atoms with Crippen LogP contribution >= 0.6 is 23.4 Å². The van der Waals surface area contributed by atoms with Gasteiger partial charge in [-0.3, -0.25) is 10.2 Å². The van der Waals surface area contributed by atoms with E-state index in [0.29, 0.717) is 11.6 Å². The number of amidine groups is 1. The van der Waals surface area contributed by atoms with Crippen LogP contribution in [-0.2, 0) is 11.3 Å². The Labute approximate surface area is 103 Å². The van der Waals surface area contributed by atoms with Gasteiger partial charge in [0.05, 0.1) is 5.75 Å². The number of rotatable bonds is 4. The van der Waals surface area contributed by atoms with E-state index < -0.39 is 0 Å². The van der Waals surface area contributed by atoms with Crippen LogP contribution < -0.4 is 11.1 Å². The summed E-state index contributed by atoms with van der Waals surface area (Å²) in [5.41, 5.74) is 5.98. The number of hydrogen-bond donors (Lipinski definition) is 3. The fourth-order valence-electron chi connectivity index (χ4n) is 1.03. The van der Waals surface area contributed by atoms with E-state index in [9.17, 15) is 4.79 Å². The van der Waals surface area contributed by atoms with Crippen molar-refractivity contribution in [3.05, 3.63) is 34.9 Å². The number of nitrogens with one attached hydrogen (secondary N) is 2. The van der Waals surface area contributed by atoms with Gasteiger partial charge >= 0.3 is 0 Å². The van der Waals surface area contributed by atoms with Crippen LogP contribution in [0.1, 0.15) is 5.56 Å². The Morgan fingerprint density at radius 2 is 2.19 bits per heavy atom. The van der Waals surface area contributed by atoms with Crippen LogP contribution in [0.15, 0.2) is 24.3 Å². The van der Waals surface area contributed by atoms with Gasteiger partial charge in [-0.05, 0) is 11.6 Å². The first-order chi connectivity index (χ1) is 7.59. The minimum Gasteiger partial charge on any atom is -0.379 e. The summed E-state index contributed by atoms with van der Waals surface area (Å²) in [6.45, 7) is 0.386. The summed E-state index contributed by atoms with van der Waals surface area (Å²) in [6, 6.07) is 7.31. The zero-order valence-electron chi connectivity index (χ0n) is 8.50. The highest BCUT2D eigenvalue weighted by atomic mass is 35.5. The highest BCUT2D eigenvalue weighted by Crippen LogP contribution is 2.14. The molecule has 0 radical (unpaired) electrons. The average molecular weight is 258 g/mol. The fourth-order valence-corrected chi connectivity index (χ4v) is 1.62. The normalized spacial score (nSPS) is 9.81. The van der Waals surface area contributed by atoms with E-state index in [4.69, 9.17) is 22.7 Å². The molecule has 1 rings (SSSR count). The molecule has 0 bridgehead atoms. The van der Waals surface area contributed by atoms with E-state index in [1.807, 2.05) is 18.2 Å². The summed E-state index contributed by atoms with van der Waals surface area (Å²) in [5, 5.41) is 10.2. The molecular weight excluding hydrogens is 246 g/mol. The molecule has 0 unspecified atom stereocenters. The molecule has 0 heterocycles. The Hall–Kier alpha value is -1.20. The van der Waals surface area contributed by atoms with Gasteiger partial charge in [0, 0.05) is 11.6 Å². The summed E-state index contributed by atoms with van der Waals surface area (Å²) in [7, 11) is 0. The summed E-state index contributed by atoms with van der Waals surface area (Å²) in [5.74, 6) is -0.0140. The van der Waals surface area contributed by atoms with Crippen LogP contribution in [0.4, 0.5) is 0 Å². The molecule has 16 heavy (non-hydrogen) atoms. The number of benzene rings is 1. The highest BCUT2D eigenvalue weighted by molar-refractivity contribution is 8.14. The molecule has 1 aromatic carbocycles. The molecule has 4 N–H and O–H groups in total. The third-order valence-corrected chi connectivity index (χ3v) is 2.88. The van der Waals surface area contributed by atoms with Crippen molar-refractivity contribution >= 4 is 34.4 Å². The van der Waals surface area contributed by atoms with Gasteiger partial charge in [-0.2, -0.15) is 0 Å². The maximum atomic E-state index is 11.3. The van der Waals surface area contributed by atoms with Crippen molar-refractivity contribution in [3.8, 4) is 0 Å². The van der Waals surface area contributed by atoms with Crippen molar-refractivity contribution in [3.63, 3.8) is 0 Å². The third kappa shape index (κ3) is 4.55. The summed E-state index contributed by atoms with van der Waals surface area (Å²) in [4.78, 5) is 11.3. The van der Waals surface area contributed by atoms with Gasteiger partial charge in [0.25, 0.3) is 0 Å². The summed E-state index contributed by atoms with van der Waals surface area (Å²) >= 11 is 6.92. The monoisotopic (exact) mass is 257 g/mol. The van der Waals surface area contributed by atoms with Crippen LogP contribution in [0, 0.1) is 5.41 Å². The van der Waals surface area contributed by atoms with Gasteiger partial charge in [0.1, 0.15) is 0 Å². The van der Waals surface area contributed by atoms with E-state index in [1.165, 1.54) is 0 Å². The lowest BCUT2D eigenvalue weighted by molar-refractivity contribution is -0.118. The highest BCUT2D eigenvalue weighted by Gasteiger charge is 2.04. The zero-order chi connectivity index (χ0) is 12.0. The second kappa shape index (κ2) is 6.40. The second-order valence-corrected chi connectivity index (χ2v) is 4.45. The molecule has 86 valence electrons. The molecule has 0 atom stereocenters. The Balaban J connectivity index is 2.37. The summed E-state index contributed by atoms with van der Waals surface area (Å²) in [6.07, 6.45) is 0. The van der Waals surface area contributed by atoms with Gasteiger partial charge in [-0.15, -0.1) is 0 Å². The molecule has 0 aromatic heterocycles. The van der Waals surface area contributed by atoms with Gasteiger partial charge < -0.3 is 11.1 Å². The second-order valence-electron chi connectivity index (χ2n) is 3.02. The molecular formula is C10H12ClN3OS. The van der Waals surface area contributed by atoms with Crippen LogP contribution in [0.2, 0.25) is 5.02 Å². The van der Waals surface area contributed by atoms with Crippen molar-refractivity contribution in [1.82, 2.24) is 5.32 Å². The first-order valence-corrected chi connectivity index (χ1v) is 5.93. The van der Waals surface area contributed by atoms with Crippen molar-refractivity contribution in [2.24, 2.45) is 5.73 Å². The van der Waals surface area contributed by atoms with Crippen LogP contribution in [-0.4, -0.2) is 16.8 Å².